The highest BCUT2D eigenvalue weighted by Crippen LogP contribution is 2.55. The van der Waals surface area contributed by atoms with E-state index in [0.29, 0.717) is 16.9 Å². The number of alkyl halides is 3. The average molecular weight is 496 g/mol. The Morgan fingerprint density at radius 2 is 1.92 bits per heavy atom. The second-order valence-corrected chi connectivity index (χ2v) is 9.19. The summed E-state index contributed by atoms with van der Waals surface area (Å²) in [5, 5.41) is 4.44. The summed E-state index contributed by atoms with van der Waals surface area (Å²) in [6.45, 7) is -0.639. The summed E-state index contributed by atoms with van der Waals surface area (Å²) < 4.78 is 40.0. The van der Waals surface area contributed by atoms with Gasteiger partial charge in [-0.25, -0.2) is 14.3 Å². The van der Waals surface area contributed by atoms with Crippen LogP contribution in [0.2, 0.25) is 0 Å². The van der Waals surface area contributed by atoms with Gasteiger partial charge < -0.3 is 9.88 Å². The lowest BCUT2D eigenvalue weighted by atomic mass is 9.97. The van der Waals surface area contributed by atoms with Crippen LogP contribution in [0.3, 0.4) is 0 Å². The lowest BCUT2D eigenvalue weighted by molar-refractivity contribution is -0.202. The number of hydrogen-bond acceptors (Lipinski definition) is 5. The molecular weight excluding hydrogens is 477 g/mol. The minimum Gasteiger partial charge on any atom is -0.337 e. The number of likely N-dealkylation sites (tertiary alicyclic amines) is 1. The molecule has 2 aliphatic rings. The number of imidazole rings is 1. The molecule has 9 nitrogen and oxygen atoms in total. The van der Waals surface area contributed by atoms with Crippen LogP contribution in [0.15, 0.2) is 58.5 Å². The Balaban J connectivity index is 1.27. The van der Waals surface area contributed by atoms with Gasteiger partial charge in [0, 0.05) is 42.8 Å². The second kappa shape index (κ2) is 7.90. The molecule has 1 saturated carbocycles. The van der Waals surface area contributed by atoms with Gasteiger partial charge in [0.25, 0.3) is 11.5 Å². The van der Waals surface area contributed by atoms with E-state index in [0.717, 1.165) is 17.5 Å². The molecule has 2 fully saturated rings. The van der Waals surface area contributed by atoms with Gasteiger partial charge in [-0.15, -0.1) is 0 Å². The number of rotatable bonds is 4. The molecule has 0 unspecified atom stereocenters. The number of nitrogens with zero attached hydrogens (tertiary/aromatic N) is 4. The first kappa shape index (κ1) is 22.3. The van der Waals surface area contributed by atoms with Crippen molar-refractivity contribution in [2.24, 2.45) is 5.92 Å². The van der Waals surface area contributed by atoms with Crippen LogP contribution in [0.4, 0.5) is 13.2 Å². The number of carbonyl (C=O) groups excluding carboxylic acids is 1. The molecule has 1 aliphatic heterocycles. The minimum absolute atomic E-state index is 0.0439. The molecular formula is C24H19F3N6O3. The van der Waals surface area contributed by atoms with E-state index in [1.54, 1.807) is 41.2 Å². The second-order valence-electron chi connectivity index (χ2n) is 9.19. The average Bonchev–Trinajstić information content (AvgIpc) is 3.45. The maximum absolute atomic E-state index is 12.8. The fraction of sp³-hybridized carbons (Fsp3) is 0.292. The van der Waals surface area contributed by atoms with E-state index >= 15 is 0 Å². The summed E-state index contributed by atoms with van der Waals surface area (Å²) in [5.41, 5.74) is 2.18. The maximum atomic E-state index is 12.8. The lowest BCUT2D eigenvalue weighted by Crippen LogP contribution is -2.55. The van der Waals surface area contributed by atoms with Gasteiger partial charge in [0.2, 0.25) is 0 Å². The van der Waals surface area contributed by atoms with Crippen molar-refractivity contribution in [1.82, 2.24) is 29.5 Å². The van der Waals surface area contributed by atoms with Gasteiger partial charge in [-0.1, -0.05) is 12.1 Å². The molecule has 1 aromatic carbocycles. The Morgan fingerprint density at radius 3 is 2.67 bits per heavy atom. The van der Waals surface area contributed by atoms with Gasteiger partial charge in [-0.05, 0) is 42.0 Å². The Labute approximate surface area is 200 Å². The predicted molar refractivity (Wildman–Crippen MR) is 122 cm³/mol. The zero-order chi connectivity index (χ0) is 25.2. The molecule has 36 heavy (non-hydrogen) atoms. The first-order valence-electron chi connectivity index (χ1n) is 11.3. The minimum atomic E-state index is -4.29. The fourth-order valence-corrected chi connectivity index (χ4v) is 4.79. The molecule has 0 spiro atoms. The summed E-state index contributed by atoms with van der Waals surface area (Å²) in [5.74, 6) is -1.76. The third-order valence-corrected chi connectivity index (χ3v) is 6.87. The van der Waals surface area contributed by atoms with Crippen LogP contribution >= 0.6 is 0 Å². The van der Waals surface area contributed by atoms with E-state index in [9.17, 15) is 27.6 Å². The molecule has 4 aromatic rings. The summed E-state index contributed by atoms with van der Waals surface area (Å²) >= 11 is 0. The molecule has 184 valence electrons. The molecule has 0 radical (unpaired) electrons. The number of nitrogens with one attached hydrogen (secondary N) is 2. The summed E-state index contributed by atoms with van der Waals surface area (Å²) in [4.78, 5) is 46.7. The van der Waals surface area contributed by atoms with Crippen LogP contribution in [0.5, 0.6) is 0 Å². The number of H-pyrrole nitrogens is 2. The van der Waals surface area contributed by atoms with Gasteiger partial charge in [-0.2, -0.15) is 18.3 Å². The Morgan fingerprint density at radius 1 is 1.11 bits per heavy atom. The Hall–Kier alpha value is -4.22. The highest BCUT2D eigenvalue weighted by molar-refractivity contribution is 5.95. The van der Waals surface area contributed by atoms with Gasteiger partial charge >= 0.3 is 11.9 Å². The largest absolute Gasteiger partial charge is 0.395 e. The smallest absolute Gasteiger partial charge is 0.337 e. The monoisotopic (exact) mass is 496 g/mol. The summed E-state index contributed by atoms with van der Waals surface area (Å²) in [7, 11) is 0. The third-order valence-electron chi connectivity index (χ3n) is 6.87. The standard InChI is InChI=1S/C24H19F3N6O3/c25-24(26,27)14-10-32(11-14)22(35)13-3-1-2-12(6-13)15-7-16(15)17-8-19(31-33-5-4-28-20(17)33)18-9-29-23(36)30-21(18)34/h1-6,8-9,14-16H,7,10-11H2,(H2,29,30,34,36)/t15-,16+/m1/s1. The van der Waals surface area contributed by atoms with Crippen LogP contribution < -0.4 is 11.2 Å². The lowest BCUT2D eigenvalue weighted by Gasteiger charge is -2.40. The van der Waals surface area contributed by atoms with Crippen molar-refractivity contribution in [2.75, 3.05) is 13.1 Å². The quantitative estimate of drug-likeness (QED) is 0.451. The van der Waals surface area contributed by atoms with Crippen LogP contribution in [0, 0.1) is 5.92 Å². The van der Waals surface area contributed by atoms with Gasteiger partial charge in [0.05, 0.1) is 17.2 Å². The number of hydrogen-bond donors (Lipinski definition) is 2. The van der Waals surface area contributed by atoms with Crippen LogP contribution in [0.25, 0.3) is 16.9 Å². The maximum Gasteiger partial charge on any atom is 0.395 e. The highest BCUT2D eigenvalue weighted by atomic mass is 19.4. The summed E-state index contributed by atoms with van der Waals surface area (Å²) in [6.07, 6.45) is 1.06. The zero-order valence-electron chi connectivity index (χ0n) is 18.6. The molecule has 2 N–H and O–H groups in total. The van der Waals surface area contributed by atoms with E-state index < -0.39 is 29.3 Å². The topological polar surface area (TPSA) is 116 Å². The summed E-state index contributed by atoms with van der Waals surface area (Å²) in [6, 6.07) is 8.77. The number of aromatic amines is 2. The fourth-order valence-electron chi connectivity index (χ4n) is 4.79. The molecule has 0 bridgehead atoms. The third kappa shape index (κ3) is 3.78. The van der Waals surface area contributed by atoms with E-state index in [1.807, 2.05) is 6.07 Å². The van der Waals surface area contributed by atoms with Crippen molar-refractivity contribution in [3.05, 3.63) is 86.5 Å². The molecule has 12 heteroatoms. The van der Waals surface area contributed by atoms with E-state index in [2.05, 4.69) is 20.1 Å². The van der Waals surface area contributed by atoms with Gasteiger partial charge in [0.1, 0.15) is 0 Å². The number of aromatic nitrogens is 5. The van der Waals surface area contributed by atoms with Crippen molar-refractivity contribution in [3.8, 4) is 11.3 Å². The van der Waals surface area contributed by atoms with E-state index in [4.69, 9.17) is 0 Å². The molecule has 6 rings (SSSR count). The van der Waals surface area contributed by atoms with Crippen LogP contribution in [-0.2, 0) is 0 Å². The molecule has 1 amide bonds. The normalized spacial score (nSPS) is 19.9. The van der Waals surface area contributed by atoms with Crippen LogP contribution in [-0.4, -0.2) is 54.6 Å². The Kier molecular flexibility index (Phi) is 4.88. The van der Waals surface area contributed by atoms with Crippen molar-refractivity contribution in [3.63, 3.8) is 0 Å². The van der Waals surface area contributed by atoms with E-state index in [1.165, 1.54) is 11.1 Å². The van der Waals surface area contributed by atoms with Crippen molar-refractivity contribution in [1.29, 1.82) is 0 Å². The molecule has 2 atom stereocenters. The first-order valence-corrected chi connectivity index (χ1v) is 11.3. The molecule has 3 aromatic heterocycles. The van der Waals surface area contributed by atoms with Crippen molar-refractivity contribution >= 4 is 11.6 Å². The Bertz CT molecular complexity index is 1620. The van der Waals surface area contributed by atoms with Crippen LogP contribution in [0.1, 0.15) is 39.7 Å². The highest BCUT2D eigenvalue weighted by Gasteiger charge is 2.49. The van der Waals surface area contributed by atoms with E-state index in [-0.39, 0.29) is 30.5 Å². The molecule has 4 heterocycles. The van der Waals surface area contributed by atoms with Crippen molar-refractivity contribution < 1.29 is 18.0 Å². The number of fused-ring (bicyclic) bond motifs is 1. The molecule has 1 saturated heterocycles. The predicted octanol–water partition coefficient (Wildman–Crippen LogP) is 2.68. The number of amides is 1. The number of carbonyl (C=O) groups is 1. The van der Waals surface area contributed by atoms with Gasteiger partial charge in [0.15, 0.2) is 5.65 Å². The zero-order valence-corrected chi connectivity index (χ0v) is 18.6. The number of halogens is 3. The van der Waals surface area contributed by atoms with Crippen molar-refractivity contribution in [2.45, 2.75) is 24.4 Å². The number of benzene rings is 1. The first-order chi connectivity index (χ1) is 17.2. The molecule has 1 aliphatic carbocycles. The van der Waals surface area contributed by atoms with Gasteiger partial charge in [-0.3, -0.25) is 14.6 Å². The SMILES string of the molecule is O=C(c1cccc([C@H]2C[C@@H]2c2cc(-c3c[nH]c(=O)[nH]c3=O)nn3ccnc23)c1)N1CC(C(F)(F)F)C1.